The third kappa shape index (κ3) is 3.77. The van der Waals surface area contributed by atoms with Gasteiger partial charge in [0.2, 0.25) is 0 Å². The molecule has 0 saturated carbocycles. The van der Waals surface area contributed by atoms with Crippen molar-refractivity contribution in [2.45, 2.75) is 19.9 Å². The molecule has 0 N–H and O–H groups in total. The zero-order valence-electron chi connectivity index (χ0n) is 18.3. The van der Waals surface area contributed by atoms with E-state index < -0.39 is 0 Å². The molecule has 2 saturated heterocycles. The number of carbonyl (C=O) groups is 1. The minimum Gasteiger partial charge on any atom is -0.378 e. The highest BCUT2D eigenvalue weighted by molar-refractivity contribution is 6.05. The maximum atomic E-state index is 13.3. The number of aromatic nitrogens is 5. The highest BCUT2D eigenvalue weighted by Crippen LogP contribution is 2.28. The van der Waals surface area contributed by atoms with Gasteiger partial charge in [0.25, 0.3) is 0 Å². The highest BCUT2D eigenvalue weighted by Gasteiger charge is 2.32. The van der Waals surface area contributed by atoms with E-state index in [1.54, 1.807) is 22.3 Å². The van der Waals surface area contributed by atoms with Crippen LogP contribution in [0.15, 0.2) is 42.9 Å². The molecule has 10 heteroatoms. The first kappa shape index (κ1) is 20.4. The fourth-order valence-electron chi connectivity index (χ4n) is 4.03. The average Bonchev–Trinajstić information content (AvgIpc) is 3.47. The van der Waals surface area contributed by atoms with Gasteiger partial charge in [-0.2, -0.15) is 0 Å². The Bertz CT molecular complexity index is 1110. The molecule has 2 amide bonds. The second-order valence-electron chi connectivity index (χ2n) is 8.09. The number of anilines is 3. The first-order valence-corrected chi connectivity index (χ1v) is 10.9. The lowest BCUT2D eigenvalue weighted by Crippen LogP contribution is -2.37. The molecule has 0 spiro atoms. The third-order valence-electron chi connectivity index (χ3n) is 5.75. The normalized spacial score (nSPS) is 17.0. The molecule has 3 aromatic heterocycles. The Balaban J connectivity index is 1.38. The Morgan fingerprint density at radius 1 is 1.00 bits per heavy atom. The summed E-state index contributed by atoms with van der Waals surface area (Å²) in [6, 6.07) is 9.60. The summed E-state index contributed by atoms with van der Waals surface area (Å²) in [6.45, 7) is 8.25. The summed E-state index contributed by atoms with van der Waals surface area (Å²) in [5, 5.41) is 8.25. The number of hydrogen-bond acceptors (Lipinski definition) is 7. The van der Waals surface area contributed by atoms with E-state index in [2.05, 4.69) is 33.9 Å². The standard InChI is InChI=1S/C22H26N8O2/c1-16(2)30-15-24-26-21(30)18-4-3-5-19(25-18)29-9-8-28(22(29)31)17-6-7-23-20(14-17)27-10-12-32-13-11-27/h3-7,14-16H,8-13H2,1-2H3. The summed E-state index contributed by atoms with van der Waals surface area (Å²) >= 11 is 0. The van der Waals surface area contributed by atoms with Gasteiger partial charge < -0.3 is 14.2 Å². The van der Waals surface area contributed by atoms with Gasteiger partial charge in [-0.05, 0) is 32.0 Å². The average molecular weight is 435 g/mol. The molecule has 166 valence electrons. The maximum Gasteiger partial charge on any atom is 0.330 e. The topological polar surface area (TPSA) is 92.5 Å². The van der Waals surface area contributed by atoms with Gasteiger partial charge >= 0.3 is 6.03 Å². The van der Waals surface area contributed by atoms with E-state index >= 15 is 0 Å². The summed E-state index contributed by atoms with van der Waals surface area (Å²) in [7, 11) is 0. The molecule has 0 bridgehead atoms. The molecule has 10 nitrogen and oxygen atoms in total. The Kier molecular flexibility index (Phi) is 5.44. The smallest absolute Gasteiger partial charge is 0.330 e. The third-order valence-corrected chi connectivity index (χ3v) is 5.75. The van der Waals surface area contributed by atoms with Crippen LogP contribution < -0.4 is 14.7 Å². The van der Waals surface area contributed by atoms with Crippen molar-refractivity contribution in [3.63, 3.8) is 0 Å². The zero-order valence-corrected chi connectivity index (χ0v) is 18.3. The van der Waals surface area contributed by atoms with E-state index in [0.29, 0.717) is 43.6 Å². The van der Waals surface area contributed by atoms with E-state index in [1.807, 2.05) is 34.9 Å². The van der Waals surface area contributed by atoms with Gasteiger partial charge in [-0.15, -0.1) is 10.2 Å². The molecule has 2 aliphatic heterocycles. The second kappa shape index (κ2) is 8.54. The van der Waals surface area contributed by atoms with Gasteiger partial charge in [-0.1, -0.05) is 6.07 Å². The number of rotatable bonds is 5. The van der Waals surface area contributed by atoms with Gasteiger partial charge in [0.05, 0.1) is 18.9 Å². The Morgan fingerprint density at radius 3 is 2.62 bits per heavy atom. The van der Waals surface area contributed by atoms with E-state index in [9.17, 15) is 4.79 Å². The summed E-state index contributed by atoms with van der Waals surface area (Å²) in [5.74, 6) is 2.16. The molecule has 5 rings (SSSR count). The van der Waals surface area contributed by atoms with Crippen LogP contribution in [0.5, 0.6) is 0 Å². The van der Waals surface area contributed by atoms with Crippen molar-refractivity contribution in [1.82, 2.24) is 24.7 Å². The lowest BCUT2D eigenvalue weighted by atomic mass is 10.3. The van der Waals surface area contributed by atoms with Crippen molar-refractivity contribution < 1.29 is 9.53 Å². The molecule has 0 atom stereocenters. The van der Waals surface area contributed by atoms with Gasteiger partial charge in [-0.3, -0.25) is 9.80 Å². The minimum atomic E-state index is -0.0981. The fraction of sp³-hybridized carbons (Fsp3) is 0.409. The molecule has 5 heterocycles. The molecule has 0 radical (unpaired) electrons. The van der Waals surface area contributed by atoms with Crippen LogP contribution in [0.4, 0.5) is 22.1 Å². The number of urea groups is 1. The molecule has 2 aliphatic rings. The zero-order chi connectivity index (χ0) is 22.1. The Labute approximate surface area is 186 Å². The number of hydrogen-bond donors (Lipinski definition) is 0. The van der Waals surface area contributed by atoms with Crippen LogP contribution in [0.25, 0.3) is 11.5 Å². The van der Waals surface area contributed by atoms with Crippen molar-refractivity contribution in [2.24, 2.45) is 0 Å². The molecule has 3 aromatic rings. The Hall–Kier alpha value is -3.53. The van der Waals surface area contributed by atoms with Crippen molar-refractivity contribution in [2.75, 3.05) is 54.1 Å². The minimum absolute atomic E-state index is 0.0981. The van der Waals surface area contributed by atoms with Crippen LogP contribution in [0.3, 0.4) is 0 Å². The van der Waals surface area contributed by atoms with Gasteiger partial charge in [0, 0.05) is 44.5 Å². The summed E-state index contributed by atoms with van der Waals surface area (Å²) in [4.78, 5) is 28.2. The van der Waals surface area contributed by atoms with E-state index in [0.717, 1.165) is 24.6 Å². The molecule has 0 aliphatic carbocycles. The maximum absolute atomic E-state index is 13.3. The van der Waals surface area contributed by atoms with Crippen LogP contribution >= 0.6 is 0 Å². The monoisotopic (exact) mass is 434 g/mol. The van der Waals surface area contributed by atoms with Crippen molar-refractivity contribution in [1.29, 1.82) is 0 Å². The highest BCUT2D eigenvalue weighted by atomic mass is 16.5. The first-order chi connectivity index (χ1) is 15.6. The molecular formula is C22H26N8O2. The number of pyridine rings is 2. The number of nitrogens with zero attached hydrogens (tertiary/aromatic N) is 8. The summed E-state index contributed by atoms with van der Waals surface area (Å²) in [6.07, 6.45) is 3.46. The fourth-order valence-corrected chi connectivity index (χ4v) is 4.03. The molecule has 0 aromatic carbocycles. The van der Waals surface area contributed by atoms with Gasteiger partial charge in [0.1, 0.15) is 23.7 Å². The van der Waals surface area contributed by atoms with Crippen LogP contribution in [0, 0.1) is 0 Å². The summed E-state index contributed by atoms with van der Waals surface area (Å²) in [5.41, 5.74) is 1.53. The second-order valence-corrected chi connectivity index (χ2v) is 8.09. The van der Waals surface area contributed by atoms with Crippen LogP contribution in [-0.2, 0) is 4.74 Å². The van der Waals surface area contributed by atoms with E-state index in [-0.39, 0.29) is 12.1 Å². The summed E-state index contributed by atoms with van der Waals surface area (Å²) < 4.78 is 7.40. The Morgan fingerprint density at radius 2 is 1.81 bits per heavy atom. The molecule has 2 fully saturated rings. The predicted molar refractivity (Wildman–Crippen MR) is 121 cm³/mol. The van der Waals surface area contributed by atoms with Crippen molar-refractivity contribution >= 4 is 23.4 Å². The van der Waals surface area contributed by atoms with Crippen LogP contribution in [0.2, 0.25) is 0 Å². The van der Waals surface area contributed by atoms with Crippen LogP contribution in [0.1, 0.15) is 19.9 Å². The first-order valence-electron chi connectivity index (χ1n) is 10.9. The number of morpholine rings is 1. The van der Waals surface area contributed by atoms with Gasteiger partial charge in [-0.25, -0.2) is 14.8 Å². The largest absolute Gasteiger partial charge is 0.378 e. The van der Waals surface area contributed by atoms with Crippen molar-refractivity contribution in [3.05, 3.63) is 42.9 Å². The number of amides is 2. The number of ether oxygens (including phenoxy) is 1. The van der Waals surface area contributed by atoms with Crippen LogP contribution in [-0.4, -0.2) is 70.2 Å². The van der Waals surface area contributed by atoms with Gasteiger partial charge in [0.15, 0.2) is 5.82 Å². The SMILES string of the molecule is CC(C)n1cnnc1-c1cccc(N2CCN(c3ccnc(N4CCOCC4)c3)C2=O)n1. The molecular weight excluding hydrogens is 408 g/mol. The molecule has 0 unspecified atom stereocenters. The lowest BCUT2D eigenvalue weighted by molar-refractivity contribution is 0.122. The quantitative estimate of drug-likeness (QED) is 0.609. The molecule has 32 heavy (non-hydrogen) atoms. The lowest BCUT2D eigenvalue weighted by Gasteiger charge is -2.28. The van der Waals surface area contributed by atoms with E-state index in [4.69, 9.17) is 9.72 Å². The predicted octanol–water partition coefficient (Wildman–Crippen LogP) is 2.60. The van der Waals surface area contributed by atoms with E-state index in [1.165, 1.54) is 0 Å². The number of carbonyl (C=O) groups excluding carboxylic acids is 1. The van der Waals surface area contributed by atoms with Crippen molar-refractivity contribution in [3.8, 4) is 11.5 Å².